The zero-order valence-electron chi connectivity index (χ0n) is 15.5. The fourth-order valence-electron chi connectivity index (χ4n) is 2.53. The van der Waals surface area contributed by atoms with Crippen LogP contribution in [-0.2, 0) is 14.8 Å². The number of hydrogen-bond donors (Lipinski definition) is 3. The second-order valence-electron chi connectivity index (χ2n) is 6.72. The predicted molar refractivity (Wildman–Crippen MR) is 109 cm³/mol. The lowest BCUT2D eigenvalue weighted by molar-refractivity contribution is -0.118. The van der Waals surface area contributed by atoms with Gasteiger partial charge in [0.2, 0.25) is 15.9 Å². The maximum atomic E-state index is 12.7. The highest BCUT2D eigenvalue weighted by Gasteiger charge is 2.23. The molecule has 0 saturated heterocycles. The first-order chi connectivity index (χ1) is 13.1. The molecule has 0 fully saturated rings. The van der Waals surface area contributed by atoms with Crippen LogP contribution in [0.5, 0.6) is 0 Å². The van der Waals surface area contributed by atoms with Gasteiger partial charge in [-0.1, -0.05) is 31.5 Å². The first-order valence-corrected chi connectivity index (χ1v) is 10.5. The summed E-state index contributed by atoms with van der Waals surface area (Å²) in [6, 6.07) is 11.1. The minimum absolute atomic E-state index is 0.115. The molecule has 0 aliphatic heterocycles. The van der Waals surface area contributed by atoms with E-state index < -0.39 is 27.9 Å². The van der Waals surface area contributed by atoms with Gasteiger partial charge in [0.05, 0.1) is 4.90 Å². The van der Waals surface area contributed by atoms with E-state index in [4.69, 9.17) is 16.7 Å². The van der Waals surface area contributed by atoms with Gasteiger partial charge in [-0.15, -0.1) is 0 Å². The maximum absolute atomic E-state index is 12.7. The van der Waals surface area contributed by atoms with Crippen LogP contribution in [0.4, 0.5) is 5.69 Å². The zero-order chi connectivity index (χ0) is 20.9. The van der Waals surface area contributed by atoms with Crippen molar-refractivity contribution in [1.29, 1.82) is 0 Å². The van der Waals surface area contributed by atoms with E-state index in [0.717, 1.165) is 0 Å². The summed E-state index contributed by atoms with van der Waals surface area (Å²) >= 11 is 5.83. The monoisotopic (exact) mass is 423 g/mol. The Morgan fingerprint density at radius 1 is 1.11 bits per heavy atom. The van der Waals surface area contributed by atoms with Crippen molar-refractivity contribution >= 4 is 39.1 Å². The summed E-state index contributed by atoms with van der Waals surface area (Å²) in [4.78, 5) is 25.0. The summed E-state index contributed by atoms with van der Waals surface area (Å²) in [6.45, 7) is 3.85. The highest BCUT2D eigenvalue weighted by Crippen LogP contribution is 2.16. The van der Waals surface area contributed by atoms with E-state index in [9.17, 15) is 18.0 Å². The van der Waals surface area contributed by atoms with Gasteiger partial charge in [-0.05, 0) is 54.8 Å². The summed E-state index contributed by atoms with van der Waals surface area (Å²) in [7, 11) is -3.89. The number of amides is 2. The topological polar surface area (TPSA) is 118 Å². The van der Waals surface area contributed by atoms with Crippen molar-refractivity contribution in [1.82, 2.24) is 5.32 Å². The van der Waals surface area contributed by atoms with Crippen LogP contribution >= 0.6 is 11.6 Å². The number of carbonyl (C=O) groups excluding carboxylic acids is 2. The number of anilines is 1. The van der Waals surface area contributed by atoms with Crippen molar-refractivity contribution in [3.8, 4) is 0 Å². The van der Waals surface area contributed by atoms with Crippen LogP contribution in [0.25, 0.3) is 0 Å². The molecule has 0 unspecified atom stereocenters. The van der Waals surface area contributed by atoms with Crippen molar-refractivity contribution in [3.63, 3.8) is 0 Å². The first kappa shape index (κ1) is 21.9. The van der Waals surface area contributed by atoms with E-state index in [1.165, 1.54) is 18.2 Å². The Hall–Kier alpha value is -2.42. The molecule has 0 aromatic heterocycles. The average molecular weight is 424 g/mol. The molecular formula is C19H22ClN3O4S. The van der Waals surface area contributed by atoms with Gasteiger partial charge >= 0.3 is 0 Å². The van der Waals surface area contributed by atoms with Crippen LogP contribution in [0.2, 0.25) is 5.02 Å². The molecule has 2 aromatic rings. The van der Waals surface area contributed by atoms with Gasteiger partial charge in [-0.25, -0.2) is 13.6 Å². The lowest BCUT2D eigenvalue weighted by atomic mass is 10.0. The molecule has 28 heavy (non-hydrogen) atoms. The van der Waals surface area contributed by atoms with E-state index in [1.54, 1.807) is 30.3 Å². The summed E-state index contributed by atoms with van der Waals surface area (Å²) in [5.74, 6) is -0.727. The number of benzene rings is 2. The number of halogens is 1. The van der Waals surface area contributed by atoms with Crippen molar-refractivity contribution in [2.24, 2.45) is 11.1 Å². The normalized spacial score (nSPS) is 12.5. The molecule has 2 rings (SSSR count). The number of rotatable bonds is 7. The minimum atomic E-state index is -3.89. The third kappa shape index (κ3) is 6.33. The molecule has 2 amide bonds. The minimum Gasteiger partial charge on any atom is -0.340 e. The van der Waals surface area contributed by atoms with Crippen LogP contribution in [0.1, 0.15) is 30.6 Å². The SMILES string of the molecule is CC(C)C[C@@H](NC(=O)c1ccc(Cl)cc1)C(=O)Nc1cccc(S(N)(=O)=O)c1. The highest BCUT2D eigenvalue weighted by atomic mass is 35.5. The summed E-state index contributed by atoms with van der Waals surface area (Å²) in [5, 5.41) is 11.0. The van der Waals surface area contributed by atoms with Gasteiger partial charge in [0.1, 0.15) is 6.04 Å². The average Bonchev–Trinajstić information content (AvgIpc) is 2.60. The molecule has 1 atom stereocenters. The molecular weight excluding hydrogens is 402 g/mol. The molecule has 0 aliphatic carbocycles. The summed E-state index contributed by atoms with van der Waals surface area (Å²) in [6.07, 6.45) is 0.403. The van der Waals surface area contributed by atoms with Gasteiger partial charge in [0, 0.05) is 16.3 Å². The first-order valence-electron chi connectivity index (χ1n) is 8.56. The van der Waals surface area contributed by atoms with Gasteiger partial charge in [0.25, 0.3) is 5.91 Å². The van der Waals surface area contributed by atoms with Crippen LogP contribution < -0.4 is 15.8 Å². The second-order valence-corrected chi connectivity index (χ2v) is 8.72. The van der Waals surface area contributed by atoms with Crippen LogP contribution in [0.3, 0.4) is 0 Å². The maximum Gasteiger partial charge on any atom is 0.251 e. The molecule has 150 valence electrons. The number of primary sulfonamides is 1. The number of sulfonamides is 1. The molecule has 0 radical (unpaired) electrons. The molecule has 0 aliphatic rings. The third-order valence-corrected chi connectivity index (χ3v) is 5.03. The lowest BCUT2D eigenvalue weighted by Gasteiger charge is -2.20. The highest BCUT2D eigenvalue weighted by molar-refractivity contribution is 7.89. The van der Waals surface area contributed by atoms with Gasteiger partial charge in [0.15, 0.2) is 0 Å². The second kappa shape index (κ2) is 9.18. The fourth-order valence-corrected chi connectivity index (χ4v) is 3.21. The smallest absolute Gasteiger partial charge is 0.251 e. The summed E-state index contributed by atoms with van der Waals surface area (Å²) < 4.78 is 23.0. The Balaban J connectivity index is 2.17. The molecule has 9 heteroatoms. The van der Waals surface area contributed by atoms with E-state index >= 15 is 0 Å². The summed E-state index contributed by atoms with van der Waals surface area (Å²) in [5.41, 5.74) is 0.646. The van der Waals surface area contributed by atoms with Crippen molar-refractivity contribution < 1.29 is 18.0 Å². The van der Waals surface area contributed by atoms with E-state index in [2.05, 4.69) is 10.6 Å². The van der Waals surface area contributed by atoms with Gasteiger partial charge < -0.3 is 10.6 Å². The van der Waals surface area contributed by atoms with Crippen LogP contribution in [-0.4, -0.2) is 26.3 Å². The molecule has 7 nitrogen and oxygen atoms in total. The van der Waals surface area contributed by atoms with Crippen molar-refractivity contribution in [2.75, 3.05) is 5.32 Å². The molecule has 4 N–H and O–H groups in total. The molecule has 2 aromatic carbocycles. The zero-order valence-corrected chi connectivity index (χ0v) is 17.0. The lowest BCUT2D eigenvalue weighted by Crippen LogP contribution is -2.44. The fraction of sp³-hybridized carbons (Fsp3) is 0.263. The number of hydrogen-bond acceptors (Lipinski definition) is 4. The predicted octanol–water partition coefficient (Wildman–Crippen LogP) is 2.77. The largest absolute Gasteiger partial charge is 0.340 e. The Morgan fingerprint density at radius 2 is 1.75 bits per heavy atom. The molecule has 0 bridgehead atoms. The van der Waals surface area contributed by atoms with E-state index in [-0.39, 0.29) is 16.5 Å². The van der Waals surface area contributed by atoms with E-state index in [0.29, 0.717) is 17.0 Å². The Kier molecular flexibility index (Phi) is 7.17. The van der Waals surface area contributed by atoms with Crippen molar-refractivity contribution in [2.45, 2.75) is 31.2 Å². The molecule has 0 heterocycles. The molecule has 0 saturated carbocycles. The number of nitrogens with two attached hydrogens (primary N) is 1. The van der Waals surface area contributed by atoms with E-state index in [1.807, 2.05) is 13.8 Å². The van der Waals surface area contributed by atoms with Crippen molar-refractivity contribution in [3.05, 3.63) is 59.1 Å². The molecule has 0 spiro atoms. The van der Waals surface area contributed by atoms with Crippen LogP contribution in [0.15, 0.2) is 53.4 Å². The number of carbonyl (C=O) groups is 2. The van der Waals surface area contributed by atoms with Gasteiger partial charge in [-0.2, -0.15) is 0 Å². The number of nitrogens with one attached hydrogen (secondary N) is 2. The Morgan fingerprint density at radius 3 is 2.32 bits per heavy atom. The third-order valence-electron chi connectivity index (χ3n) is 3.87. The van der Waals surface area contributed by atoms with Crippen LogP contribution in [0, 0.1) is 5.92 Å². The van der Waals surface area contributed by atoms with Gasteiger partial charge in [-0.3, -0.25) is 9.59 Å². The Labute approximate surface area is 169 Å². The standard InChI is InChI=1S/C19H22ClN3O4S/c1-12(2)10-17(23-18(24)13-6-8-14(20)9-7-13)19(25)22-15-4-3-5-16(11-15)28(21,26)27/h3-9,11-12,17H,10H2,1-2H3,(H,22,25)(H,23,24)(H2,21,26,27)/t17-/m1/s1. The Bertz CT molecular complexity index is 959. The quantitative estimate of drug-likeness (QED) is 0.634.